The van der Waals surface area contributed by atoms with Gasteiger partial charge in [0.1, 0.15) is 12.6 Å². The summed E-state index contributed by atoms with van der Waals surface area (Å²) in [5.74, 6) is -1.05. The molecule has 1 fully saturated rings. The first-order valence-electron chi connectivity index (χ1n) is 8.36. The van der Waals surface area contributed by atoms with Crippen molar-refractivity contribution >= 4 is 11.8 Å². The number of aryl methyl sites for hydroxylation is 1. The Hall–Kier alpha value is -1.99. The number of aromatic nitrogens is 1. The van der Waals surface area contributed by atoms with Crippen molar-refractivity contribution in [2.75, 3.05) is 13.1 Å². The summed E-state index contributed by atoms with van der Waals surface area (Å²) in [4.78, 5) is 26.4. The lowest BCUT2D eigenvalue weighted by Gasteiger charge is -2.24. The summed E-state index contributed by atoms with van der Waals surface area (Å²) >= 11 is 0. The first-order valence-corrected chi connectivity index (χ1v) is 8.36. The predicted octanol–water partition coefficient (Wildman–Crippen LogP) is 2.97. The van der Waals surface area contributed by atoms with Crippen LogP contribution in [0, 0.1) is 13.8 Å². The Kier molecular flexibility index (Phi) is 5.49. The van der Waals surface area contributed by atoms with Gasteiger partial charge in [0, 0.05) is 24.0 Å². The second-order valence-electron chi connectivity index (χ2n) is 6.74. The topological polar surface area (TPSA) is 54.3 Å². The van der Waals surface area contributed by atoms with Crippen molar-refractivity contribution in [3.8, 4) is 0 Å². The van der Waals surface area contributed by atoms with E-state index in [1.165, 1.54) is 4.90 Å². The van der Waals surface area contributed by atoms with Gasteiger partial charge in [0.25, 0.3) is 5.91 Å². The number of likely N-dealkylation sites (tertiary alicyclic amines) is 1. The van der Waals surface area contributed by atoms with Gasteiger partial charge in [-0.05, 0) is 46.6 Å². The minimum atomic E-state index is -4.47. The van der Waals surface area contributed by atoms with Crippen molar-refractivity contribution < 1.29 is 22.8 Å². The lowest BCUT2D eigenvalue weighted by molar-refractivity contribution is -0.140. The molecule has 25 heavy (non-hydrogen) atoms. The number of hydrogen-bond donors (Lipinski definition) is 1. The molecule has 2 rings (SSSR count). The summed E-state index contributed by atoms with van der Waals surface area (Å²) < 4.78 is 38.9. The van der Waals surface area contributed by atoms with Gasteiger partial charge in [-0.3, -0.25) is 9.59 Å². The zero-order chi connectivity index (χ0) is 18.9. The molecule has 0 aliphatic carbocycles. The second-order valence-corrected chi connectivity index (χ2v) is 6.74. The predicted molar refractivity (Wildman–Crippen MR) is 87.4 cm³/mol. The summed E-state index contributed by atoms with van der Waals surface area (Å²) in [5.41, 5.74) is 2.24. The number of carbonyl (C=O) groups is 2. The average Bonchev–Trinajstić information content (AvgIpc) is 3.08. The maximum atomic E-state index is 12.9. The van der Waals surface area contributed by atoms with Crippen LogP contribution in [0.1, 0.15) is 54.5 Å². The van der Waals surface area contributed by atoms with E-state index in [0.29, 0.717) is 24.9 Å². The molecule has 2 heterocycles. The molecule has 8 heteroatoms. The molecular weight excluding hydrogens is 335 g/mol. The van der Waals surface area contributed by atoms with Crippen LogP contribution in [0.3, 0.4) is 0 Å². The van der Waals surface area contributed by atoms with E-state index in [1.54, 1.807) is 6.07 Å². The van der Waals surface area contributed by atoms with E-state index in [0.717, 1.165) is 11.4 Å². The summed E-state index contributed by atoms with van der Waals surface area (Å²) in [7, 11) is 0. The zero-order valence-electron chi connectivity index (χ0n) is 14.9. The van der Waals surface area contributed by atoms with E-state index in [9.17, 15) is 22.8 Å². The SMILES string of the molecule is Cc1cc(C(=O)N2CCCC2C(=O)NCC(F)(F)F)c(C)n1C(C)C. The molecule has 0 bridgehead atoms. The fraction of sp³-hybridized carbons (Fsp3) is 0.647. The lowest BCUT2D eigenvalue weighted by Crippen LogP contribution is -2.48. The highest BCUT2D eigenvalue weighted by Crippen LogP contribution is 2.26. The molecular formula is C17H24F3N3O2. The molecule has 0 saturated carbocycles. The van der Waals surface area contributed by atoms with Crippen LogP contribution >= 0.6 is 0 Å². The minimum Gasteiger partial charge on any atom is -0.346 e. The van der Waals surface area contributed by atoms with Crippen LogP contribution < -0.4 is 5.32 Å². The molecule has 0 spiro atoms. The highest BCUT2D eigenvalue weighted by atomic mass is 19.4. The largest absolute Gasteiger partial charge is 0.405 e. The number of halogens is 3. The summed E-state index contributed by atoms with van der Waals surface area (Å²) in [6.45, 7) is 6.76. The molecule has 1 unspecified atom stereocenters. The Bertz CT molecular complexity index is 665. The van der Waals surface area contributed by atoms with Gasteiger partial charge in [-0.1, -0.05) is 0 Å². The maximum Gasteiger partial charge on any atom is 0.405 e. The van der Waals surface area contributed by atoms with Crippen LogP contribution in [-0.2, 0) is 4.79 Å². The van der Waals surface area contributed by atoms with Crippen LogP contribution in [0.2, 0.25) is 0 Å². The Morgan fingerprint density at radius 3 is 2.48 bits per heavy atom. The first kappa shape index (κ1) is 19.3. The highest BCUT2D eigenvalue weighted by molar-refractivity contribution is 5.99. The van der Waals surface area contributed by atoms with Crippen molar-refractivity contribution in [3.05, 3.63) is 23.0 Å². The van der Waals surface area contributed by atoms with Crippen LogP contribution in [0.25, 0.3) is 0 Å². The maximum absolute atomic E-state index is 12.9. The van der Waals surface area contributed by atoms with Gasteiger partial charge in [0.05, 0.1) is 5.56 Å². The molecule has 1 N–H and O–H groups in total. The van der Waals surface area contributed by atoms with E-state index in [4.69, 9.17) is 0 Å². The Balaban J connectivity index is 2.18. The standard InChI is InChI=1S/C17H24F3N3O2/c1-10(2)23-11(3)8-13(12(23)4)16(25)22-7-5-6-14(22)15(24)21-9-17(18,19)20/h8,10,14H,5-7,9H2,1-4H3,(H,21,24). The van der Waals surface area contributed by atoms with Crippen LogP contribution in [0.5, 0.6) is 0 Å². The molecule has 1 aromatic rings. The van der Waals surface area contributed by atoms with Gasteiger partial charge in [0.15, 0.2) is 0 Å². The minimum absolute atomic E-state index is 0.186. The van der Waals surface area contributed by atoms with Gasteiger partial charge in [-0.2, -0.15) is 13.2 Å². The fourth-order valence-corrected chi connectivity index (χ4v) is 3.53. The number of alkyl halides is 3. The molecule has 140 valence electrons. The summed E-state index contributed by atoms with van der Waals surface area (Å²) in [6.07, 6.45) is -3.50. The summed E-state index contributed by atoms with van der Waals surface area (Å²) in [5, 5.41) is 1.89. The van der Waals surface area contributed by atoms with Crippen molar-refractivity contribution in [1.82, 2.24) is 14.8 Å². The van der Waals surface area contributed by atoms with Gasteiger partial charge >= 0.3 is 6.18 Å². The van der Waals surface area contributed by atoms with E-state index < -0.39 is 24.7 Å². The average molecular weight is 359 g/mol. The number of hydrogen-bond acceptors (Lipinski definition) is 2. The van der Waals surface area contributed by atoms with Gasteiger partial charge in [0.2, 0.25) is 5.91 Å². The van der Waals surface area contributed by atoms with E-state index in [2.05, 4.69) is 0 Å². The van der Waals surface area contributed by atoms with E-state index in [-0.39, 0.29) is 11.9 Å². The van der Waals surface area contributed by atoms with Crippen LogP contribution in [0.15, 0.2) is 6.07 Å². The normalized spacial score (nSPS) is 18.1. The molecule has 0 radical (unpaired) electrons. The third kappa shape index (κ3) is 4.16. The molecule has 0 aromatic carbocycles. The molecule has 2 amide bonds. The zero-order valence-corrected chi connectivity index (χ0v) is 14.9. The second kappa shape index (κ2) is 7.09. The van der Waals surface area contributed by atoms with E-state index in [1.807, 2.05) is 37.6 Å². The van der Waals surface area contributed by atoms with Gasteiger partial charge in [-0.15, -0.1) is 0 Å². The Morgan fingerprint density at radius 1 is 1.32 bits per heavy atom. The van der Waals surface area contributed by atoms with E-state index >= 15 is 0 Å². The third-order valence-electron chi connectivity index (χ3n) is 4.51. The molecule has 1 aliphatic heterocycles. The Labute approximate surface area is 145 Å². The molecule has 5 nitrogen and oxygen atoms in total. The smallest absolute Gasteiger partial charge is 0.346 e. The van der Waals surface area contributed by atoms with Crippen molar-refractivity contribution in [3.63, 3.8) is 0 Å². The van der Waals surface area contributed by atoms with Crippen LogP contribution in [0.4, 0.5) is 13.2 Å². The molecule has 1 aromatic heterocycles. The van der Waals surface area contributed by atoms with Crippen molar-refractivity contribution in [2.45, 2.75) is 58.8 Å². The molecule has 1 atom stereocenters. The van der Waals surface area contributed by atoms with Gasteiger partial charge < -0.3 is 14.8 Å². The number of carbonyl (C=O) groups excluding carboxylic acids is 2. The molecule has 1 saturated heterocycles. The third-order valence-corrected chi connectivity index (χ3v) is 4.51. The fourth-order valence-electron chi connectivity index (χ4n) is 3.53. The van der Waals surface area contributed by atoms with Gasteiger partial charge in [-0.25, -0.2) is 0 Å². The lowest BCUT2D eigenvalue weighted by atomic mass is 10.1. The highest BCUT2D eigenvalue weighted by Gasteiger charge is 2.37. The monoisotopic (exact) mass is 359 g/mol. The number of rotatable bonds is 4. The van der Waals surface area contributed by atoms with Crippen molar-refractivity contribution in [1.29, 1.82) is 0 Å². The first-order chi connectivity index (χ1) is 11.5. The number of nitrogens with zero attached hydrogens (tertiary/aromatic N) is 2. The quantitative estimate of drug-likeness (QED) is 0.899. The molecule has 1 aliphatic rings. The summed E-state index contributed by atoms with van der Waals surface area (Å²) in [6, 6.07) is 1.11. The number of amides is 2. The van der Waals surface area contributed by atoms with Crippen molar-refractivity contribution in [2.24, 2.45) is 0 Å². The number of nitrogens with one attached hydrogen (secondary N) is 1. The Morgan fingerprint density at radius 2 is 1.96 bits per heavy atom. The van der Waals surface area contributed by atoms with Crippen LogP contribution in [-0.4, -0.2) is 46.6 Å².